The summed E-state index contributed by atoms with van der Waals surface area (Å²) in [5, 5.41) is 19.3. The van der Waals surface area contributed by atoms with Crippen molar-refractivity contribution in [2.75, 3.05) is 0 Å². The standard InChI is InChI=1S/C19H14N2O2/c1-21-16(11-15-4-2-3-5-18(15)21)9-8-14-7-6-13(12-20)10-17(14)19(22)23/h2-11H,1H3,(H,22,23)/b9-8+. The quantitative estimate of drug-likeness (QED) is 0.797. The number of aromatic nitrogens is 1. The van der Waals surface area contributed by atoms with E-state index in [1.807, 2.05) is 43.5 Å². The summed E-state index contributed by atoms with van der Waals surface area (Å²) in [6.45, 7) is 0. The van der Waals surface area contributed by atoms with E-state index in [0.29, 0.717) is 11.1 Å². The third-order valence-corrected chi connectivity index (χ3v) is 3.84. The van der Waals surface area contributed by atoms with Crippen LogP contribution in [0, 0.1) is 11.3 Å². The maximum absolute atomic E-state index is 11.4. The van der Waals surface area contributed by atoms with Crippen molar-refractivity contribution >= 4 is 29.0 Å². The summed E-state index contributed by atoms with van der Waals surface area (Å²) in [6.07, 6.45) is 3.65. The van der Waals surface area contributed by atoms with Crippen molar-refractivity contribution in [3.8, 4) is 6.07 Å². The predicted molar refractivity (Wildman–Crippen MR) is 90.0 cm³/mol. The number of carboxylic acid groups (broad SMARTS) is 1. The molecule has 0 saturated carbocycles. The topological polar surface area (TPSA) is 66.0 Å². The lowest BCUT2D eigenvalue weighted by Gasteiger charge is -2.02. The Kier molecular flexibility index (Phi) is 3.70. The fourth-order valence-corrected chi connectivity index (χ4v) is 2.60. The molecule has 0 spiro atoms. The van der Waals surface area contributed by atoms with Gasteiger partial charge in [0.1, 0.15) is 0 Å². The van der Waals surface area contributed by atoms with Gasteiger partial charge in [-0.2, -0.15) is 5.26 Å². The number of rotatable bonds is 3. The molecule has 0 atom stereocenters. The second-order valence-electron chi connectivity index (χ2n) is 5.24. The Hall–Kier alpha value is -3.32. The molecule has 0 bridgehead atoms. The minimum Gasteiger partial charge on any atom is -0.478 e. The van der Waals surface area contributed by atoms with E-state index in [1.165, 1.54) is 6.07 Å². The summed E-state index contributed by atoms with van der Waals surface area (Å²) in [7, 11) is 1.97. The number of benzene rings is 2. The molecule has 1 aromatic heterocycles. The first-order chi connectivity index (χ1) is 11.1. The Labute approximate surface area is 133 Å². The highest BCUT2D eigenvalue weighted by Crippen LogP contribution is 2.21. The van der Waals surface area contributed by atoms with Gasteiger partial charge in [-0.25, -0.2) is 4.79 Å². The van der Waals surface area contributed by atoms with E-state index >= 15 is 0 Å². The second kappa shape index (κ2) is 5.82. The van der Waals surface area contributed by atoms with Gasteiger partial charge in [-0.05, 0) is 35.9 Å². The Bertz CT molecular complexity index is 975. The normalized spacial score (nSPS) is 11.0. The molecule has 3 aromatic rings. The highest BCUT2D eigenvalue weighted by molar-refractivity contribution is 5.94. The summed E-state index contributed by atoms with van der Waals surface area (Å²) in [6, 6.07) is 16.7. The lowest BCUT2D eigenvalue weighted by molar-refractivity contribution is 0.0696. The molecular weight excluding hydrogens is 288 g/mol. The van der Waals surface area contributed by atoms with Crippen molar-refractivity contribution in [2.24, 2.45) is 7.05 Å². The molecule has 112 valence electrons. The molecule has 4 heteroatoms. The highest BCUT2D eigenvalue weighted by Gasteiger charge is 2.09. The first kappa shape index (κ1) is 14.6. The Morgan fingerprint density at radius 2 is 1.96 bits per heavy atom. The van der Waals surface area contributed by atoms with Gasteiger partial charge in [0.05, 0.1) is 17.2 Å². The number of nitrogens with zero attached hydrogens (tertiary/aromatic N) is 2. The van der Waals surface area contributed by atoms with Crippen molar-refractivity contribution in [2.45, 2.75) is 0 Å². The fraction of sp³-hybridized carbons (Fsp3) is 0.0526. The fourth-order valence-electron chi connectivity index (χ4n) is 2.60. The molecule has 0 amide bonds. The molecule has 0 aliphatic heterocycles. The van der Waals surface area contributed by atoms with Crippen molar-refractivity contribution < 1.29 is 9.90 Å². The zero-order chi connectivity index (χ0) is 16.4. The summed E-state index contributed by atoms with van der Waals surface area (Å²) < 4.78 is 2.05. The lowest BCUT2D eigenvalue weighted by atomic mass is 10.0. The van der Waals surface area contributed by atoms with Crippen LogP contribution in [-0.2, 0) is 7.05 Å². The summed E-state index contributed by atoms with van der Waals surface area (Å²) in [5.41, 5.74) is 3.13. The van der Waals surface area contributed by atoms with E-state index in [4.69, 9.17) is 5.26 Å². The molecule has 3 rings (SSSR count). The van der Waals surface area contributed by atoms with Gasteiger partial charge in [-0.1, -0.05) is 30.3 Å². The second-order valence-corrected chi connectivity index (χ2v) is 5.24. The van der Waals surface area contributed by atoms with Gasteiger partial charge in [0.15, 0.2) is 0 Å². The van der Waals surface area contributed by atoms with Crippen LogP contribution >= 0.6 is 0 Å². The Morgan fingerprint density at radius 1 is 1.17 bits per heavy atom. The molecule has 0 aliphatic rings. The number of aromatic carboxylic acids is 1. The molecule has 0 aliphatic carbocycles. The van der Waals surface area contributed by atoms with Gasteiger partial charge in [-0.15, -0.1) is 0 Å². The van der Waals surface area contributed by atoms with Gasteiger partial charge >= 0.3 is 5.97 Å². The zero-order valence-corrected chi connectivity index (χ0v) is 12.5. The molecule has 2 aromatic carbocycles. The van der Waals surface area contributed by atoms with Crippen LogP contribution in [0.4, 0.5) is 0 Å². The average Bonchev–Trinajstić information content (AvgIpc) is 2.89. The number of fused-ring (bicyclic) bond motifs is 1. The molecule has 0 unspecified atom stereocenters. The smallest absolute Gasteiger partial charge is 0.336 e. The minimum atomic E-state index is -1.04. The molecule has 0 radical (unpaired) electrons. The largest absolute Gasteiger partial charge is 0.478 e. The van der Waals surface area contributed by atoms with Gasteiger partial charge in [-0.3, -0.25) is 0 Å². The summed E-state index contributed by atoms with van der Waals surface area (Å²) >= 11 is 0. The van der Waals surface area contributed by atoms with Crippen LogP contribution in [0.5, 0.6) is 0 Å². The van der Waals surface area contributed by atoms with Gasteiger partial charge in [0.2, 0.25) is 0 Å². The molecule has 4 nitrogen and oxygen atoms in total. The number of hydrogen-bond acceptors (Lipinski definition) is 2. The van der Waals surface area contributed by atoms with Crippen LogP contribution < -0.4 is 0 Å². The SMILES string of the molecule is Cn1c(/C=C/c2ccc(C#N)cc2C(=O)O)cc2ccccc21. The van der Waals surface area contributed by atoms with Gasteiger partial charge in [0, 0.05) is 23.6 Å². The maximum Gasteiger partial charge on any atom is 0.336 e. The van der Waals surface area contributed by atoms with Crippen molar-refractivity contribution in [3.63, 3.8) is 0 Å². The number of carbonyl (C=O) groups is 1. The summed E-state index contributed by atoms with van der Waals surface area (Å²) in [4.78, 5) is 11.4. The van der Waals surface area contributed by atoms with E-state index in [-0.39, 0.29) is 5.56 Å². The van der Waals surface area contributed by atoms with Crippen molar-refractivity contribution in [1.29, 1.82) is 5.26 Å². The van der Waals surface area contributed by atoms with Crippen molar-refractivity contribution in [3.05, 3.63) is 70.9 Å². The van der Waals surface area contributed by atoms with E-state index in [2.05, 4.69) is 10.6 Å². The van der Waals surface area contributed by atoms with Crippen LogP contribution in [0.25, 0.3) is 23.1 Å². The lowest BCUT2D eigenvalue weighted by Crippen LogP contribution is -2.00. The van der Waals surface area contributed by atoms with Crippen LogP contribution in [0.2, 0.25) is 0 Å². The highest BCUT2D eigenvalue weighted by atomic mass is 16.4. The van der Waals surface area contributed by atoms with Crippen LogP contribution in [0.15, 0.2) is 48.5 Å². The first-order valence-corrected chi connectivity index (χ1v) is 7.10. The van der Waals surface area contributed by atoms with E-state index in [0.717, 1.165) is 16.6 Å². The number of hydrogen-bond donors (Lipinski definition) is 1. The van der Waals surface area contributed by atoms with Gasteiger partial charge < -0.3 is 9.67 Å². The molecule has 23 heavy (non-hydrogen) atoms. The number of nitriles is 1. The Morgan fingerprint density at radius 3 is 2.65 bits per heavy atom. The third kappa shape index (κ3) is 2.72. The van der Waals surface area contributed by atoms with Crippen LogP contribution in [-0.4, -0.2) is 15.6 Å². The van der Waals surface area contributed by atoms with E-state index in [9.17, 15) is 9.90 Å². The van der Waals surface area contributed by atoms with Crippen LogP contribution in [0.3, 0.4) is 0 Å². The van der Waals surface area contributed by atoms with E-state index < -0.39 is 5.97 Å². The molecule has 0 saturated heterocycles. The average molecular weight is 302 g/mol. The summed E-state index contributed by atoms with van der Waals surface area (Å²) in [5.74, 6) is -1.04. The number of para-hydroxylation sites is 1. The van der Waals surface area contributed by atoms with Crippen molar-refractivity contribution in [1.82, 2.24) is 4.57 Å². The third-order valence-electron chi connectivity index (χ3n) is 3.84. The van der Waals surface area contributed by atoms with Gasteiger partial charge in [0.25, 0.3) is 0 Å². The first-order valence-electron chi connectivity index (χ1n) is 7.10. The number of aryl methyl sites for hydroxylation is 1. The molecular formula is C19H14N2O2. The predicted octanol–water partition coefficient (Wildman–Crippen LogP) is 3.92. The molecule has 1 N–H and O–H groups in total. The molecule has 0 fully saturated rings. The van der Waals surface area contributed by atoms with E-state index in [1.54, 1.807) is 18.2 Å². The van der Waals surface area contributed by atoms with Crippen LogP contribution in [0.1, 0.15) is 27.2 Å². The monoisotopic (exact) mass is 302 g/mol. The maximum atomic E-state index is 11.4. The molecule has 1 heterocycles. The minimum absolute atomic E-state index is 0.124. The Balaban J connectivity index is 2.04. The number of carboxylic acids is 1. The zero-order valence-electron chi connectivity index (χ0n) is 12.5.